The Kier molecular flexibility index (Phi) is 3.94. The van der Waals surface area contributed by atoms with Crippen LogP contribution in [-0.4, -0.2) is 0 Å². The lowest BCUT2D eigenvalue weighted by molar-refractivity contribution is 1.27. The second kappa shape index (κ2) is 4.92. The molecule has 0 bridgehead atoms. The molecule has 0 aliphatic rings. The van der Waals surface area contributed by atoms with Crippen molar-refractivity contribution in [1.82, 2.24) is 0 Å². The Hall–Kier alpha value is 0.360. The molecule has 2 aromatic heterocycles. The molecular formula is C12H12Br2S2. The predicted molar refractivity (Wildman–Crippen MR) is 81.3 cm³/mol. The molecule has 0 aliphatic carbocycles. The van der Waals surface area contributed by atoms with Crippen LogP contribution in [0, 0.1) is 20.8 Å². The highest BCUT2D eigenvalue weighted by atomic mass is 79.9. The highest BCUT2D eigenvalue weighted by Crippen LogP contribution is 2.42. The van der Waals surface area contributed by atoms with E-state index in [0.717, 1.165) is 0 Å². The van der Waals surface area contributed by atoms with Gasteiger partial charge in [0.25, 0.3) is 0 Å². The van der Waals surface area contributed by atoms with Crippen LogP contribution in [0.3, 0.4) is 0 Å². The fourth-order valence-electron chi connectivity index (χ4n) is 1.48. The van der Waals surface area contributed by atoms with Gasteiger partial charge in [0, 0.05) is 14.6 Å². The van der Waals surface area contributed by atoms with Crippen LogP contribution in [0.2, 0.25) is 0 Å². The van der Waals surface area contributed by atoms with E-state index in [1.165, 1.54) is 29.5 Å². The first-order chi connectivity index (χ1) is 7.49. The largest absolute Gasteiger partial charge is 0.144 e. The van der Waals surface area contributed by atoms with Crippen molar-refractivity contribution in [3.63, 3.8) is 0 Å². The van der Waals surface area contributed by atoms with Crippen molar-refractivity contribution in [3.05, 3.63) is 41.7 Å². The van der Waals surface area contributed by atoms with Gasteiger partial charge in [-0.05, 0) is 60.0 Å². The first kappa shape index (κ1) is 12.8. The van der Waals surface area contributed by atoms with Crippen molar-refractivity contribution < 1.29 is 0 Å². The van der Waals surface area contributed by atoms with Crippen LogP contribution < -0.4 is 0 Å². The zero-order valence-electron chi connectivity index (χ0n) is 9.30. The number of thiophene rings is 2. The number of halogens is 2. The van der Waals surface area contributed by atoms with Crippen LogP contribution in [0.4, 0.5) is 0 Å². The number of hydrogen-bond acceptors (Lipinski definition) is 2. The van der Waals surface area contributed by atoms with Crippen LogP contribution in [0.1, 0.15) is 30.6 Å². The highest BCUT2D eigenvalue weighted by Gasteiger charge is 2.16. The minimum absolute atomic E-state index is 0.333. The maximum Gasteiger partial charge on any atom is 0.0831 e. The smallest absolute Gasteiger partial charge is 0.0831 e. The Morgan fingerprint density at radius 3 is 2.00 bits per heavy atom. The third-order valence-electron chi connectivity index (χ3n) is 2.56. The fraction of sp³-hybridized carbons (Fsp3) is 0.333. The minimum Gasteiger partial charge on any atom is -0.144 e. The number of hydrogen-bond donors (Lipinski definition) is 0. The van der Waals surface area contributed by atoms with Gasteiger partial charge in [-0.1, -0.05) is 15.9 Å². The van der Waals surface area contributed by atoms with Gasteiger partial charge >= 0.3 is 0 Å². The molecule has 0 fully saturated rings. The summed E-state index contributed by atoms with van der Waals surface area (Å²) in [6, 6.07) is 4.53. The molecule has 0 saturated heterocycles. The molecule has 0 amide bonds. The number of alkyl halides is 1. The van der Waals surface area contributed by atoms with Crippen molar-refractivity contribution in [1.29, 1.82) is 0 Å². The molecule has 86 valence electrons. The van der Waals surface area contributed by atoms with Gasteiger partial charge in [0.05, 0.1) is 8.61 Å². The Bertz CT molecular complexity index is 426. The minimum atomic E-state index is 0.333. The van der Waals surface area contributed by atoms with E-state index < -0.39 is 0 Å². The molecule has 2 rings (SSSR count). The number of aryl methyl sites for hydroxylation is 3. The van der Waals surface area contributed by atoms with E-state index in [0.29, 0.717) is 4.83 Å². The maximum atomic E-state index is 3.79. The van der Waals surface area contributed by atoms with E-state index in [4.69, 9.17) is 0 Å². The molecule has 0 N–H and O–H groups in total. The third kappa shape index (κ3) is 2.45. The molecule has 16 heavy (non-hydrogen) atoms. The summed E-state index contributed by atoms with van der Waals surface area (Å²) in [4.78, 5) is 4.50. The zero-order valence-corrected chi connectivity index (χ0v) is 14.1. The van der Waals surface area contributed by atoms with E-state index in [-0.39, 0.29) is 0 Å². The molecule has 1 atom stereocenters. The molecule has 0 spiro atoms. The van der Waals surface area contributed by atoms with Gasteiger partial charge in [-0.2, -0.15) is 0 Å². The summed E-state index contributed by atoms with van der Waals surface area (Å²) in [6.07, 6.45) is 0. The predicted octanol–water partition coefficient (Wildman–Crippen LogP) is 5.98. The van der Waals surface area contributed by atoms with E-state index in [1.807, 2.05) is 22.7 Å². The first-order valence-corrected chi connectivity index (χ1v) is 8.30. The van der Waals surface area contributed by atoms with Gasteiger partial charge in [-0.15, -0.1) is 22.7 Å². The lowest BCUT2D eigenvalue weighted by Crippen LogP contribution is -1.83. The zero-order chi connectivity index (χ0) is 11.9. The monoisotopic (exact) mass is 378 g/mol. The summed E-state index contributed by atoms with van der Waals surface area (Å²) < 4.78 is 1.23. The molecule has 0 radical (unpaired) electrons. The van der Waals surface area contributed by atoms with Crippen molar-refractivity contribution in [2.45, 2.75) is 25.6 Å². The molecule has 1 unspecified atom stereocenters. The van der Waals surface area contributed by atoms with Crippen LogP contribution in [0.5, 0.6) is 0 Å². The van der Waals surface area contributed by atoms with E-state index in [1.54, 1.807) is 0 Å². The van der Waals surface area contributed by atoms with Crippen molar-refractivity contribution in [3.8, 4) is 0 Å². The van der Waals surface area contributed by atoms with Gasteiger partial charge < -0.3 is 0 Å². The second-order valence-corrected chi connectivity index (χ2v) is 8.46. The summed E-state index contributed by atoms with van der Waals surface area (Å²) in [5.41, 5.74) is 2.70. The van der Waals surface area contributed by atoms with Crippen LogP contribution in [-0.2, 0) is 0 Å². The van der Waals surface area contributed by atoms with Crippen LogP contribution >= 0.6 is 54.5 Å². The van der Waals surface area contributed by atoms with Gasteiger partial charge in [-0.3, -0.25) is 0 Å². The Balaban J connectivity index is 2.34. The summed E-state index contributed by atoms with van der Waals surface area (Å²) in [5.74, 6) is 0. The van der Waals surface area contributed by atoms with Gasteiger partial charge in [0.1, 0.15) is 0 Å². The van der Waals surface area contributed by atoms with Crippen molar-refractivity contribution in [2.75, 3.05) is 0 Å². The van der Waals surface area contributed by atoms with E-state index in [9.17, 15) is 0 Å². The van der Waals surface area contributed by atoms with Crippen LogP contribution in [0.15, 0.2) is 15.9 Å². The van der Waals surface area contributed by atoms with Crippen molar-refractivity contribution in [2.24, 2.45) is 0 Å². The molecule has 0 nitrogen and oxygen atoms in total. The molecule has 2 aromatic rings. The molecule has 4 heteroatoms. The Labute approximate surface area is 121 Å². The van der Waals surface area contributed by atoms with E-state index >= 15 is 0 Å². The first-order valence-electron chi connectivity index (χ1n) is 4.96. The fourth-order valence-corrected chi connectivity index (χ4v) is 4.98. The maximum absolute atomic E-state index is 3.79. The highest BCUT2D eigenvalue weighted by molar-refractivity contribution is 9.11. The molecule has 0 aromatic carbocycles. The molecule has 0 aliphatic heterocycles. The molecule has 0 saturated carbocycles. The normalized spacial score (nSPS) is 13.1. The average Bonchev–Trinajstić information content (AvgIpc) is 2.72. The lowest BCUT2D eigenvalue weighted by Gasteiger charge is -2.03. The second-order valence-electron chi connectivity index (χ2n) is 3.86. The summed E-state index contributed by atoms with van der Waals surface area (Å²) in [5, 5.41) is 0. The van der Waals surface area contributed by atoms with Crippen molar-refractivity contribution >= 4 is 54.5 Å². The Morgan fingerprint density at radius 1 is 1.00 bits per heavy atom. The quantitative estimate of drug-likeness (QED) is 0.562. The topological polar surface area (TPSA) is 0 Å². The summed E-state index contributed by atoms with van der Waals surface area (Å²) in [6.45, 7) is 6.48. The third-order valence-corrected chi connectivity index (χ3v) is 7.57. The number of rotatable bonds is 2. The summed E-state index contributed by atoms with van der Waals surface area (Å²) in [7, 11) is 0. The van der Waals surface area contributed by atoms with Gasteiger partial charge in [0.15, 0.2) is 0 Å². The van der Waals surface area contributed by atoms with Gasteiger partial charge in [-0.25, -0.2) is 0 Å². The molecule has 2 heterocycles. The van der Waals surface area contributed by atoms with E-state index in [2.05, 4.69) is 64.8 Å². The van der Waals surface area contributed by atoms with Gasteiger partial charge in [0.2, 0.25) is 0 Å². The summed E-state index contributed by atoms with van der Waals surface area (Å²) >= 11 is 11.1. The Morgan fingerprint density at radius 2 is 1.56 bits per heavy atom. The standard InChI is InChI=1S/C12H12Br2S2/c1-6-4-9(15-8(6)3)11(13)10-5-7(2)12(14)16-10/h4-5,11H,1-3H3. The van der Waals surface area contributed by atoms with Crippen LogP contribution in [0.25, 0.3) is 0 Å². The molecular weight excluding hydrogens is 368 g/mol. The lowest BCUT2D eigenvalue weighted by atomic mass is 10.2. The average molecular weight is 380 g/mol. The SMILES string of the molecule is Cc1cc(C(Br)c2cc(C)c(Br)s2)sc1C.